The SMILES string of the molecule is CC1(C)C(C#N)=C(SCC(=O)Nc2ccc3c(c2)OCO3)NC(=O)[C@H]1C#N. The lowest BCUT2D eigenvalue weighted by molar-refractivity contribution is -0.125. The summed E-state index contributed by atoms with van der Waals surface area (Å²) in [5.41, 5.74) is -0.0893. The van der Waals surface area contributed by atoms with Crippen LogP contribution in [-0.2, 0) is 9.59 Å². The first-order valence-corrected chi connectivity index (χ1v) is 9.03. The number of fused-ring (bicyclic) bond motifs is 1. The third-order valence-corrected chi connectivity index (χ3v) is 5.34. The van der Waals surface area contributed by atoms with E-state index in [0.29, 0.717) is 22.2 Å². The number of thioether (sulfide) groups is 1. The van der Waals surface area contributed by atoms with Crippen molar-refractivity contribution in [3.63, 3.8) is 0 Å². The van der Waals surface area contributed by atoms with E-state index in [0.717, 1.165) is 11.8 Å². The number of ether oxygens (including phenoxy) is 2. The van der Waals surface area contributed by atoms with Crippen LogP contribution in [-0.4, -0.2) is 24.4 Å². The third-order valence-electron chi connectivity index (χ3n) is 4.34. The molecule has 9 heteroatoms. The maximum atomic E-state index is 12.2. The summed E-state index contributed by atoms with van der Waals surface area (Å²) in [6, 6.07) is 9.06. The molecular formula is C18H16N4O4S. The summed E-state index contributed by atoms with van der Waals surface area (Å²) in [6.45, 7) is 3.49. The Labute approximate surface area is 160 Å². The Morgan fingerprint density at radius 1 is 1.37 bits per heavy atom. The Hall–Kier alpha value is -3.17. The minimum absolute atomic E-state index is 0.0114. The summed E-state index contributed by atoms with van der Waals surface area (Å²) in [5.74, 6) is -0.580. The van der Waals surface area contributed by atoms with E-state index in [4.69, 9.17) is 9.47 Å². The summed E-state index contributed by atoms with van der Waals surface area (Å²) in [6.07, 6.45) is 0. The maximum Gasteiger partial charge on any atom is 0.243 e. The molecular weight excluding hydrogens is 368 g/mol. The first-order chi connectivity index (χ1) is 12.9. The highest BCUT2D eigenvalue weighted by Gasteiger charge is 2.44. The average molecular weight is 384 g/mol. The molecule has 8 nitrogen and oxygen atoms in total. The molecule has 138 valence electrons. The Bertz CT molecular complexity index is 926. The first-order valence-electron chi connectivity index (χ1n) is 8.04. The van der Waals surface area contributed by atoms with Gasteiger partial charge in [0.2, 0.25) is 18.6 Å². The minimum Gasteiger partial charge on any atom is -0.454 e. The van der Waals surface area contributed by atoms with Gasteiger partial charge < -0.3 is 20.1 Å². The minimum atomic E-state index is -0.959. The fourth-order valence-electron chi connectivity index (χ4n) is 2.84. The van der Waals surface area contributed by atoms with Gasteiger partial charge >= 0.3 is 0 Å². The molecule has 0 spiro atoms. The molecule has 0 fully saturated rings. The van der Waals surface area contributed by atoms with Crippen LogP contribution in [0.25, 0.3) is 0 Å². The standard InChI is InChI=1S/C18H16N4O4S/c1-18(2)11(6-19)16(24)22-17(12(18)7-20)27-8-15(23)21-10-3-4-13-14(5-10)26-9-25-13/h3-5,11H,8-9H2,1-2H3,(H,21,23)(H,22,24)/t11-/m1/s1. The van der Waals surface area contributed by atoms with Crippen molar-refractivity contribution in [2.75, 3.05) is 17.9 Å². The second-order valence-electron chi connectivity index (χ2n) is 6.49. The van der Waals surface area contributed by atoms with E-state index >= 15 is 0 Å². The molecule has 2 heterocycles. The molecule has 0 aromatic heterocycles. The summed E-state index contributed by atoms with van der Waals surface area (Å²) in [4.78, 5) is 24.4. The van der Waals surface area contributed by atoms with Crippen LogP contribution >= 0.6 is 11.8 Å². The van der Waals surface area contributed by atoms with Crippen LogP contribution in [0.4, 0.5) is 5.69 Å². The molecule has 0 bridgehead atoms. The van der Waals surface area contributed by atoms with Gasteiger partial charge in [-0.3, -0.25) is 9.59 Å². The molecule has 2 aliphatic heterocycles. The van der Waals surface area contributed by atoms with E-state index in [-0.39, 0.29) is 24.0 Å². The van der Waals surface area contributed by atoms with Crippen molar-refractivity contribution in [2.45, 2.75) is 13.8 Å². The number of hydrogen-bond donors (Lipinski definition) is 2. The average Bonchev–Trinajstić information content (AvgIpc) is 3.07. The zero-order valence-electron chi connectivity index (χ0n) is 14.7. The van der Waals surface area contributed by atoms with Crippen LogP contribution < -0.4 is 20.1 Å². The van der Waals surface area contributed by atoms with Gasteiger partial charge in [-0.15, -0.1) is 0 Å². The fourth-order valence-corrected chi connectivity index (χ4v) is 3.82. The maximum absolute atomic E-state index is 12.2. The highest BCUT2D eigenvalue weighted by molar-refractivity contribution is 8.03. The Morgan fingerprint density at radius 2 is 2.11 bits per heavy atom. The van der Waals surface area contributed by atoms with Crippen molar-refractivity contribution in [2.24, 2.45) is 11.3 Å². The molecule has 2 aliphatic rings. The third kappa shape index (κ3) is 3.55. The van der Waals surface area contributed by atoms with Crippen LogP contribution in [0.5, 0.6) is 11.5 Å². The fraction of sp³-hybridized carbons (Fsp3) is 0.333. The van der Waals surface area contributed by atoms with Crippen molar-refractivity contribution < 1.29 is 19.1 Å². The monoisotopic (exact) mass is 384 g/mol. The zero-order chi connectivity index (χ0) is 19.6. The molecule has 2 amide bonds. The van der Waals surface area contributed by atoms with Gasteiger partial charge in [0, 0.05) is 17.2 Å². The van der Waals surface area contributed by atoms with Crippen molar-refractivity contribution in [3.8, 4) is 23.6 Å². The number of allylic oxidation sites excluding steroid dienone is 1. The van der Waals surface area contributed by atoms with Gasteiger partial charge in [-0.2, -0.15) is 10.5 Å². The summed E-state index contributed by atoms with van der Waals surface area (Å²) >= 11 is 1.05. The molecule has 1 atom stereocenters. The van der Waals surface area contributed by atoms with Gasteiger partial charge in [-0.1, -0.05) is 25.6 Å². The summed E-state index contributed by atoms with van der Waals surface area (Å²) in [7, 11) is 0. The molecule has 0 aliphatic carbocycles. The predicted octanol–water partition coefficient (Wildman–Crippen LogP) is 2.12. The molecule has 3 rings (SSSR count). The highest BCUT2D eigenvalue weighted by atomic mass is 32.2. The number of rotatable bonds is 4. The van der Waals surface area contributed by atoms with Crippen molar-refractivity contribution in [1.29, 1.82) is 10.5 Å². The van der Waals surface area contributed by atoms with Gasteiger partial charge in [0.1, 0.15) is 5.92 Å². The zero-order valence-corrected chi connectivity index (χ0v) is 15.5. The largest absolute Gasteiger partial charge is 0.454 e. The molecule has 2 N–H and O–H groups in total. The van der Waals surface area contributed by atoms with Gasteiger partial charge in [0.15, 0.2) is 11.5 Å². The smallest absolute Gasteiger partial charge is 0.243 e. The van der Waals surface area contributed by atoms with Gasteiger partial charge in [-0.05, 0) is 12.1 Å². The van der Waals surface area contributed by atoms with E-state index in [1.807, 2.05) is 6.07 Å². The number of carbonyl (C=O) groups excluding carboxylic acids is 2. The van der Waals surface area contributed by atoms with Crippen LogP contribution in [0.1, 0.15) is 13.8 Å². The van der Waals surface area contributed by atoms with E-state index in [1.54, 1.807) is 32.0 Å². The van der Waals surface area contributed by atoms with Crippen LogP contribution in [0, 0.1) is 34.0 Å². The second-order valence-corrected chi connectivity index (χ2v) is 7.48. The first kappa shape index (κ1) is 18.6. The summed E-state index contributed by atoms with van der Waals surface area (Å²) < 4.78 is 10.5. The van der Waals surface area contributed by atoms with Crippen molar-refractivity contribution in [1.82, 2.24) is 5.32 Å². The Morgan fingerprint density at radius 3 is 2.81 bits per heavy atom. The number of hydrogen-bond acceptors (Lipinski definition) is 7. The van der Waals surface area contributed by atoms with Crippen LogP contribution in [0.3, 0.4) is 0 Å². The van der Waals surface area contributed by atoms with E-state index in [9.17, 15) is 20.1 Å². The Balaban J connectivity index is 1.69. The highest BCUT2D eigenvalue weighted by Crippen LogP contribution is 2.41. The van der Waals surface area contributed by atoms with Crippen LogP contribution in [0.15, 0.2) is 28.8 Å². The van der Waals surface area contributed by atoms with E-state index in [1.165, 1.54) is 0 Å². The van der Waals surface area contributed by atoms with Gasteiger partial charge in [-0.25, -0.2) is 0 Å². The molecule has 1 aromatic carbocycles. The number of nitriles is 2. The topological polar surface area (TPSA) is 124 Å². The normalized spacial score (nSPS) is 19.7. The lowest BCUT2D eigenvalue weighted by Gasteiger charge is -2.34. The van der Waals surface area contributed by atoms with Crippen LogP contribution in [0.2, 0.25) is 0 Å². The lowest BCUT2D eigenvalue weighted by atomic mass is 9.72. The van der Waals surface area contributed by atoms with E-state index in [2.05, 4.69) is 16.7 Å². The van der Waals surface area contributed by atoms with Gasteiger partial charge in [0.05, 0.1) is 28.5 Å². The number of nitrogens with zero attached hydrogens (tertiary/aromatic N) is 2. The van der Waals surface area contributed by atoms with Crippen molar-refractivity contribution >= 4 is 29.3 Å². The predicted molar refractivity (Wildman–Crippen MR) is 97.3 cm³/mol. The quantitative estimate of drug-likeness (QED) is 0.814. The summed E-state index contributed by atoms with van der Waals surface area (Å²) in [5, 5.41) is 24.3. The molecule has 1 aromatic rings. The number of carbonyl (C=O) groups is 2. The number of amides is 2. The number of nitrogens with one attached hydrogen (secondary N) is 2. The lowest BCUT2D eigenvalue weighted by Crippen LogP contribution is -2.44. The second kappa shape index (κ2) is 7.22. The van der Waals surface area contributed by atoms with E-state index < -0.39 is 17.2 Å². The Kier molecular flexibility index (Phi) is 4.98. The number of anilines is 1. The molecule has 0 unspecified atom stereocenters. The molecule has 27 heavy (non-hydrogen) atoms. The number of benzene rings is 1. The van der Waals surface area contributed by atoms with Crippen molar-refractivity contribution in [3.05, 3.63) is 28.8 Å². The van der Waals surface area contributed by atoms with Gasteiger partial charge in [0.25, 0.3) is 0 Å². The molecule has 0 saturated carbocycles. The molecule has 0 radical (unpaired) electrons. The molecule has 0 saturated heterocycles.